The number of hydrogen-bond acceptors (Lipinski definition) is 5. The number of para-hydroxylation sites is 2. The highest BCUT2D eigenvalue weighted by Gasteiger charge is 2.13. The van der Waals surface area contributed by atoms with Crippen LogP contribution in [0.25, 0.3) is 11.0 Å². The topological polar surface area (TPSA) is 88.3 Å². The number of carbonyl (C=O) groups is 1. The van der Waals surface area contributed by atoms with Crippen LogP contribution >= 0.6 is 11.6 Å². The molecule has 3 aromatic carbocycles. The Morgan fingerprint density at radius 1 is 1.09 bits per heavy atom. The van der Waals surface area contributed by atoms with E-state index in [0.717, 1.165) is 41.0 Å². The predicted molar refractivity (Wildman–Crippen MR) is 135 cm³/mol. The van der Waals surface area contributed by atoms with E-state index in [-0.39, 0.29) is 12.5 Å². The molecule has 1 amide bonds. The second-order valence-electron chi connectivity index (χ2n) is 7.92. The van der Waals surface area contributed by atoms with Gasteiger partial charge in [0, 0.05) is 36.3 Å². The van der Waals surface area contributed by atoms with Gasteiger partial charge in [-0.1, -0.05) is 41.4 Å². The molecular weight excluding hydrogens is 452 g/mol. The van der Waals surface area contributed by atoms with Gasteiger partial charge in [0.25, 0.3) is 5.91 Å². The van der Waals surface area contributed by atoms with Crippen LogP contribution in [0.15, 0.2) is 60.7 Å². The highest BCUT2D eigenvalue weighted by molar-refractivity contribution is 6.31. The number of nitrogens with zero attached hydrogens (tertiary/aromatic N) is 1. The fraction of sp³-hybridized carbons (Fsp3) is 0.231. The van der Waals surface area contributed by atoms with Gasteiger partial charge >= 0.3 is 0 Å². The average Bonchev–Trinajstić information content (AvgIpc) is 3.26. The van der Waals surface area contributed by atoms with Crippen LogP contribution in [-0.2, 0) is 17.8 Å². The van der Waals surface area contributed by atoms with E-state index in [1.807, 2.05) is 61.5 Å². The van der Waals surface area contributed by atoms with E-state index in [4.69, 9.17) is 21.1 Å². The molecule has 0 aliphatic heterocycles. The van der Waals surface area contributed by atoms with E-state index < -0.39 is 0 Å². The number of aryl methyl sites for hydroxylation is 1. The number of halogens is 1. The zero-order valence-corrected chi connectivity index (χ0v) is 19.9. The molecule has 1 aromatic heterocycles. The molecule has 0 bridgehead atoms. The van der Waals surface area contributed by atoms with Crippen molar-refractivity contribution in [1.29, 1.82) is 0 Å². The number of nitrogens with one attached hydrogen (secondary N) is 3. The molecule has 4 aromatic rings. The maximum Gasteiger partial charge on any atom is 0.262 e. The zero-order chi connectivity index (χ0) is 23.9. The molecule has 0 saturated carbocycles. The maximum absolute atomic E-state index is 12.2. The first-order chi connectivity index (χ1) is 16.5. The molecule has 0 saturated heterocycles. The fourth-order valence-electron chi connectivity index (χ4n) is 3.52. The summed E-state index contributed by atoms with van der Waals surface area (Å²) in [6.45, 7) is 3.12. The van der Waals surface area contributed by atoms with Crippen LogP contribution in [0.2, 0.25) is 5.02 Å². The Hall–Kier alpha value is -3.55. The van der Waals surface area contributed by atoms with Gasteiger partial charge in [-0.15, -0.1) is 0 Å². The molecular formula is C26H27ClN4O3. The van der Waals surface area contributed by atoms with Crippen molar-refractivity contribution in [3.05, 3.63) is 82.6 Å². The second kappa shape index (κ2) is 11.0. The number of carbonyl (C=O) groups excluding carboxylic acids is 1. The summed E-state index contributed by atoms with van der Waals surface area (Å²) in [5.41, 5.74) is 4.72. The summed E-state index contributed by atoms with van der Waals surface area (Å²) in [6, 6.07) is 19.0. The summed E-state index contributed by atoms with van der Waals surface area (Å²) in [7, 11) is 1.56. The van der Waals surface area contributed by atoms with Gasteiger partial charge in [0.15, 0.2) is 18.1 Å². The first kappa shape index (κ1) is 23.6. The Balaban J connectivity index is 1.29. The summed E-state index contributed by atoms with van der Waals surface area (Å²) in [4.78, 5) is 20.2. The van der Waals surface area contributed by atoms with Crippen LogP contribution in [0.5, 0.6) is 11.5 Å². The maximum atomic E-state index is 12.2. The lowest BCUT2D eigenvalue weighted by Gasteiger charge is -2.14. The third kappa shape index (κ3) is 6.07. The molecule has 0 radical (unpaired) electrons. The molecule has 34 heavy (non-hydrogen) atoms. The number of fused-ring (bicyclic) bond motifs is 1. The Bertz CT molecular complexity index is 1240. The number of imidazole rings is 1. The van der Waals surface area contributed by atoms with E-state index in [1.165, 1.54) is 0 Å². The highest BCUT2D eigenvalue weighted by atomic mass is 35.5. The Kier molecular flexibility index (Phi) is 7.67. The van der Waals surface area contributed by atoms with Gasteiger partial charge in [0.05, 0.1) is 18.1 Å². The van der Waals surface area contributed by atoms with Crippen molar-refractivity contribution >= 4 is 34.2 Å². The first-order valence-electron chi connectivity index (χ1n) is 11.0. The van der Waals surface area contributed by atoms with Gasteiger partial charge in [-0.3, -0.25) is 4.79 Å². The lowest BCUT2D eigenvalue weighted by atomic mass is 10.2. The largest absolute Gasteiger partial charge is 0.493 e. The van der Waals surface area contributed by atoms with Gasteiger partial charge in [0.1, 0.15) is 5.82 Å². The van der Waals surface area contributed by atoms with Crippen LogP contribution in [-0.4, -0.2) is 36.1 Å². The summed E-state index contributed by atoms with van der Waals surface area (Å²) in [6.07, 6.45) is 0.765. The minimum Gasteiger partial charge on any atom is -0.493 e. The minimum atomic E-state index is -0.265. The average molecular weight is 479 g/mol. The lowest BCUT2D eigenvalue weighted by Crippen LogP contribution is -2.20. The molecule has 1 heterocycles. The number of methoxy groups -OCH3 is 1. The van der Waals surface area contributed by atoms with Crippen LogP contribution in [0, 0.1) is 6.92 Å². The summed E-state index contributed by atoms with van der Waals surface area (Å²) < 4.78 is 11.1. The van der Waals surface area contributed by atoms with Gasteiger partial charge < -0.3 is 25.1 Å². The first-order valence-corrected chi connectivity index (χ1v) is 11.4. The molecule has 0 fully saturated rings. The van der Waals surface area contributed by atoms with Crippen molar-refractivity contribution in [2.45, 2.75) is 19.9 Å². The molecule has 0 aliphatic carbocycles. The number of ether oxygens (including phenoxy) is 2. The van der Waals surface area contributed by atoms with Crippen molar-refractivity contribution in [2.75, 3.05) is 25.6 Å². The normalized spacial score (nSPS) is 10.9. The summed E-state index contributed by atoms with van der Waals surface area (Å²) >= 11 is 6.47. The summed E-state index contributed by atoms with van der Waals surface area (Å²) in [5.74, 6) is 1.60. The molecule has 176 valence electrons. The third-order valence-electron chi connectivity index (χ3n) is 5.32. The van der Waals surface area contributed by atoms with Crippen molar-refractivity contribution in [2.24, 2.45) is 0 Å². The molecule has 0 spiro atoms. The van der Waals surface area contributed by atoms with Crippen molar-refractivity contribution < 1.29 is 14.3 Å². The number of aromatic nitrogens is 2. The van der Waals surface area contributed by atoms with Gasteiger partial charge in [0.2, 0.25) is 0 Å². The number of rotatable bonds is 10. The molecule has 8 heteroatoms. The van der Waals surface area contributed by atoms with Crippen LogP contribution in [0.3, 0.4) is 0 Å². The van der Waals surface area contributed by atoms with Gasteiger partial charge in [-0.2, -0.15) is 0 Å². The van der Waals surface area contributed by atoms with Gasteiger partial charge in [-0.25, -0.2) is 4.98 Å². The highest BCUT2D eigenvalue weighted by Crippen LogP contribution is 2.33. The number of hydrogen-bond donors (Lipinski definition) is 3. The number of amides is 1. The van der Waals surface area contributed by atoms with Gasteiger partial charge in [-0.05, 0) is 42.8 Å². The Morgan fingerprint density at radius 3 is 2.65 bits per heavy atom. The number of H-pyrrole nitrogens is 1. The van der Waals surface area contributed by atoms with Crippen molar-refractivity contribution in [3.63, 3.8) is 0 Å². The van der Waals surface area contributed by atoms with Crippen molar-refractivity contribution in [3.8, 4) is 11.5 Å². The Morgan fingerprint density at radius 2 is 1.88 bits per heavy atom. The molecule has 3 N–H and O–H groups in total. The minimum absolute atomic E-state index is 0.157. The third-order valence-corrected chi connectivity index (χ3v) is 5.67. The second-order valence-corrected chi connectivity index (χ2v) is 8.33. The number of anilines is 1. The predicted octanol–water partition coefficient (Wildman–Crippen LogP) is 4.88. The molecule has 0 unspecified atom stereocenters. The van der Waals surface area contributed by atoms with Crippen LogP contribution in [0.4, 0.5) is 5.69 Å². The van der Waals surface area contributed by atoms with Crippen LogP contribution in [0.1, 0.15) is 17.0 Å². The monoisotopic (exact) mass is 478 g/mol. The molecule has 7 nitrogen and oxygen atoms in total. The number of benzene rings is 3. The van der Waals surface area contributed by atoms with E-state index in [2.05, 4.69) is 20.6 Å². The molecule has 4 rings (SSSR count). The van der Waals surface area contributed by atoms with E-state index in [9.17, 15) is 4.79 Å². The Labute approximate surface area is 203 Å². The van der Waals surface area contributed by atoms with E-state index in [1.54, 1.807) is 13.2 Å². The molecule has 0 aliphatic rings. The van der Waals surface area contributed by atoms with E-state index >= 15 is 0 Å². The summed E-state index contributed by atoms with van der Waals surface area (Å²) in [5, 5.41) is 6.72. The van der Waals surface area contributed by atoms with Crippen LogP contribution < -0.4 is 20.1 Å². The smallest absolute Gasteiger partial charge is 0.262 e. The lowest BCUT2D eigenvalue weighted by molar-refractivity contribution is -0.118. The zero-order valence-electron chi connectivity index (χ0n) is 19.2. The number of aromatic amines is 1. The van der Waals surface area contributed by atoms with Crippen molar-refractivity contribution in [1.82, 2.24) is 15.3 Å². The SMILES string of the molecule is COc1cc(CNCCc2nc3ccccc3[nH]2)c(Cl)cc1OCC(=O)Nc1ccc(C)cc1. The quantitative estimate of drug-likeness (QED) is 0.283. The standard InChI is InChI=1S/C26H27ClN4O3/c1-17-7-9-19(10-8-17)29-26(32)16-34-24-14-20(27)18(13-23(24)33-2)15-28-12-11-25-30-21-5-3-4-6-22(21)31-25/h3-10,13-14,28H,11-12,15-16H2,1-2H3,(H,29,32)(H,30,31). The molecule has 0 atom stereocenters. The van der Waals surface area contributed by atoms with E-state index in [0.29, 0.717) is 28.8 Å². The fourth-order valence-corrected chi connectivity index (χ4v) is 3.74.